The van der Waals surface area contributed by atoms with Crippen molar-refractivity contribution in [2.45, 2.75) is 32.7 Å². The van der Waals surface area contributed by atoms with Crippen LogP contribution in [0.25, 0.3) is 0 Å². The molecule has 0 unspecified atom stereocenters. The summed E-state index contributed by atoms with van der Waals surface area (Å²) in [6.07, 6.45) is 1.64. The topological polar surface area (TPSA) is 49.4 Å². The van der Waals surface area contributed by atoms with Crippen molar-refractivity contribution >= 4 is 27.7 Å². The molecule has 4 nitrogen and oxygen atoms in total. The predicted octanol–water partition coefficient (Wildman–Crippen LogP) is 2.83. The summed E-state index contributed by atoms with van der Waals surface area (Å²) in [5, 5.41) is 3.05. The summed E-state index contributed by atoms with van der Waals surface area (Å²) < 4.78 is 0.896. The quantitative estimate of drug-likeness (QED) is 0.909. The van der Waals surface area contributed by atoms with Gasteiger partial charge in [-0.3, -0.25) is 9.59 Å². The molecule has 1 fully saturated rings. The van der Waals surface area contributed by atoms with E-state index in [1.54, 1.807) is 6.07 Å². The molecule has 0 atom stereocenters. The van der Waals surface area contributed by atoms with Gasteiger partial charge in [-0.05, 0) is 31.0 Å². The normalized spacial score (nSPS) is 16.1. The molecule has 0 aliphatic carbocycles. The Balaban J connectivity index is 1.86. The second-order valence-electron chi connectivity index (χ2n) is 5.74. The minimum Gasteiger partial charge on any atom is -0.349 e. The second-order valence-corrected chi connectivity index (χ2v) is 6.65. The third kappa shape index (κ3) is 4.30. The van der Waals surface area contributed by atoms with Gasteiger partial charge in [0.1, 0.15) is 0 Å². The maximum atomic E-state index is 12.2. The van der Waals surface area contributed by atoms with Crippen LogP contribution in [0, 0.1) is 5.92 Å². The first kappa shape index (κ1) is 16.0. The van der Waals surface area contributed by atoms with Gasteiger partial charge in [0.05, 0.1) is 0 Å². The van der Waals surface area contributed by atoms with Gasteiger partial charge in [-0.1, -0.05) is 35.8 Å². The standard InChI is InChI=1S/C16H21BrN2O2/c1-11(2)16(21)19-8-6-14(7-9-19)18-15(20)12-4-3-5-13(17)10-12/h3-5,10-11,14H,6-9H2,1-2H3,(H,18,20). The van der Waals surface area contributed by atoms with E-state index in [1.807, 2.05) is 36.9 Å². The average molecular weight is 353 g/mol. The van der Waals surface area contributed by atoms with Crippen LogP contribution in [0.4, 0.5) is 0 Å². The molecule has 0 saturated carbocycles. The third-order valence-corrected chi connectivity index (χ3v) is 4.22. The van der Waals surface area contributed by atoms with E-state index in [-0.39, 0.29) is 23.8 Å². The lowest BCUT2D eigenvalue weighted by molar-refractivity contribution is -0.135. The van der Waals surface area contributed by atoms with E-state index in [4.69, 9.17) is 0 Å². The number of piperidine rings is 1. The Morgan fingerprint density at radius 2 is 1.95 bits per heavy atom. The van der Waals surface area contributed by atoms with Gasteiger partial charge in [0.2, 0.25) is 5.91 Å². The number of nitrogens with one attached hydrogen (secondary N) is 1. The molecule has 1 saturated heterocycles. The van der Waals surface area contributed by atoms with Crippen LogP contribution in [-0.4, -0.2) is 35.8 Å². The van der Waals surface area contributed by atoms with E-state index in [9.17, 15) is 9.59 Å². The van der Waals surface area contributed by atoms with Crippen LogP contribution in [0.2, 0.25) is 0 Å². The van der Waals surface area contributed by atoms with E-state index in [1.165, 1.54) is 0 Å². The first-order valence-electron chi connectivity index (χ1n) is 7.32. The molecule has 0 bridgehead atoms. The fraction of sp³-hybridized carbons (Fsp3) is 0.500. The molecule has 1 aromatic carbocycles. The van der Waals surface area contributed by atoms with E-state index >= 15 is 0 Å². The molecule has 1 aliphatic rings. The summed E-state index contributed by atoms with van der Waals surface area (Å²) in [6.45, 7) is 5.29. The molecule has 2 amide bonds. The van der Waals surface area contributed by atoms with Crippen molar-refractivity contribution in [3.05, 3.63) is 34.3 Å². The van der Waals surface area contributed by atoms with Crippen LogP contribution < -0.4 is 5.32 Å². The summed E-state index contributed by atoms with van der Waals surface area (Å²) in [6, 6.07) is 7.51. The highest BCUT2D eigenvalue weighted by atomic mass is 79.9. The lowest BCUT2D eigenvalue weighted by atomic mass is 10.0. The molecule has 1 N–H and O–H groups in total. The molecular formula is C16H21BrN2O2. The summed E-state index contributed by atoms with van der Waals surface area (Å²) >= 11 is 3.37. The van der Waals surface area contributed by atoms with Crippen LogP contribution in [-0.2, 0) is 4.79 Å². The number of amides is 2. The monoisotopic (exact) mass is 352 g/mol. The summed E-state index contributed by atoms with van der Waals surface area (Å²) in [7, 11) is 0. The number of likely N-dealkylation sites (tertiary alicyclic amines) is 1. The largest absolute Gasteiger partial charge is 0.349 e. The van der Waals surface area contributed by atoms with Crippen LogP contribution >= 0.6 is 15.9 Å². The number of hydrogen-bond donors (Lipinski definition) is 1. The first-order valence-corrected chi connectivity index (χ1v) is 8.12. The van der Waals surface area contributed by atoms with Crippen molar-refractivity contribution in [1.29, 1.82) is 0 Å². The van der Waals surface area contributed by atoms with Crippen molar-refractivity contribution in [2.75, 3.05) is 13.1 Å². The average Bonchev–Trinajstić information content (AvgIpc) is 2.47. The summed E-state index contributed by atoms with van der Waals surface area (Å²) in [5.41, 5.74) is 0.657. The highest BCUT2D eigenvalue weighted by molar-refractivity contribution is 9.10. The Kier molecular flexibility index (Phi) is 5.39. The van der Waals surface area contributed by atoms with Crippen LogP contribution in [0.15, 0.2) is 28.7 Å². The van der Waals surface area contributed by atoms with Crippen molar-refractivity contribution in [2.24, 2.45) is 5.92 Å². The number of halogens is 1. The smallest absolute Gasteiger partial charge is 0.251 e. The number of hydrogen-bond acceptors (Lipinski definition) is 2. The highest BCUT2D eigenvalue weighted by Gasteiger charge is 2.25. The Morgan fingerprint density at radius 3 is 2.52 bits per heavy atom. The molecule has 1 aromatic rings. The lowest BCUT2D eigenvalue weighted by Crippen LogP contribution is -2.47. The molecule has 114 valence electrons. The molecular weight excluding hydrogens is 332 g/mol. The van der Waals surface area contributed by atoms with Crippen LogP contribution in [0.3, 0.4) is 0 Å². The minimum atomic E-state index is -0.0510. The van der Waals surface area contributed by atoms with Crippen LogP contribution in [0.5, 0.6) is 0 Å². The molecule has 5 heteroatoms. The van der Waals surface area contributed by atoms with E-state index in [0.717, 1.165) is 30.4 Å². The van der Waals surface area contributed by atoms with Crippen molar-refractivity contribution in [1.82, 2.24) is 10.2 Å². The van der Waals surface area contributed by atoms with E-state index in [2.05, 4.69) is 21.2 Å². The molecule has 2 rings (SSSR count). The van der Waals surface area contributed by atoms with E-state index < -0.39 is 0 Å². The predicted molar refractivity (Wildman–Crippen MR) is 86.0 cm³/mol. The summed E-state index contributed by atoms with van der Waals surface area (Å²) in [5.74, 6) is 0.189. The Bertz CT molecular complexity index is 523. The number of nitrogens with zero attached hydrogens (tertiary/aromatic N) is 1. The van der Waals surface area contributed by atoms with Gasteiger partial charge in [0.15, 0.2) is 0 Å². The van der Waals surface area contributed by atoms with Crippen molar-refractivity contribution in [3.8, 4) is 0 Å². The molecule has 0 aromatic heterocycles. The lowest BCUT2D eigenvalue weighted by Gasteiger charge is -2.33. The number of rotatable bonds is 3. The maximum absolute atomic E-state index is 12.2. The first-order chi connectivity index (χ1) is 9.97. The molecule has 0 radical (unpaired) electrons. The zero-order chi connectivity index (χ0) is 15.4. The SMILES string of the molecule is CC(C)C(=O)N1CCC(NC(=O)c2cccc(Br)c2)CC1. The van der Waals surface area contributed by atoms with Gasteiger partial charge in [0, 0.05) is 35.1 Å². The maximum Gasteiger partial charge on any atom is 0.251 e. The summed E-state index contributed by atoms with van der Waals surface area (Å²) in [4.78, 5) is 26.0. The van der Waals surface area contributed by atoms with Crippen molar-refractivity contribution in [3.63, 3.8) is 0 Å². The van der Waals surface area contributed by atoms with Gasteiger partial charge < -0.3 is 10.2 Å². The number of carbonyl (C=O) groups excluding carboxylic acids is 2. The molecule has 21 heavy (non-hydrogen) atoms. The zero-order valence-corrected chi connectivity index (χ0v) is 14.0. The Morgan fingerprint density at radius 1 is 1.29 bits per heavy atom. The molecule has 1 heterocycles. The molecule has 1 aliphatic heterocycles. The zero-order valence-electron chi connectivity index (χ0n) is 12.4. The number of benzene rings is 1. The van der Waals surface area contributed by atoms with Gasteiger partial charge in [-0.2, -0.15) is 0 Å². The van der Waals surface area contributed by atoms with Gasteiger partial charge >= 0.3 is 0 Å². The van der Waals surface area contributed by atoms with Crippen molar-refractivity contribution < 1.29 is 9.59 Å². The van der Waals surface area contributed by atoms with Gasteiger partial charge in [0.25, 0.3) is 5.91 Å². The van der Waals surface area contributed by atoms with E-state index in [0.29, 0.717) is 5.56 Å². The minimum absolute atomic E-state index is 0.0396. The van der Waals surface area contributed by atoms with Crippen LogP contribution in [0.1, 0.15) is 37.0 Å². The van der Waals surface area contributed by atoms with Gasteiger partial charge in [-0.25, -0.2) is 0 Å². The van der Waals surface area contributed by atoms with Gasteiger partial charge in [-0.15, -0.1) is 0 Å². The third-order valence-electron chi connectivity index (χ3n) is 3.72. The second kappa shape index (κ2) is 7.07. The number of carbonyl (C=O) groups is 2. The Labute approximate surface area is 134 Å². The fourth-order valence-electron chi connectivity index (χ4n) is 2.51. The highest BCUT2D eigenvalue weighted by Crippen LogP contribution is 2.15. The molecule has 0 spiro atoms. The Hall–Kier alpha value is -1.36. The fourth-order valence-corrected chi connectivity index (χ4v) is 2.91.